The van der Waals surface area contributed by atoms with Crippen molar-refractivity contribution in [3.8, 4) is 0 Å². The van der Waals surface area contributed by atoms with Gasteiger partial charge >= 0.3 is 29.6 Å². The van der Waals surface area contributed by atoms with Crippen LogP contribution in [0.4, 0.5) is 0 Å². The van der Waals surface area contributed by atoms with Crippen molar-refractivity contribution in [2.24, 2.45) is 5.92 Å². The summed E-state index contributed by atoms with van der Waals surface area (Å²) in [5.74, 6) is -0.0581. The van der Waals surface area contributed by atoms with Gasteiger partial charge in [-0.15, -0.1) is 0 Å². The fraction of sp³-hybridized carbons (Fsp3) is 0.750. The molecule has 0 radical (unpaired) electrons. The molecule has 0 aromatic carbocycles. The van der Waals surface area contributed by atoms with Gasteiger partial charge in [0.15, 0.2) is 0 Å². The summed E-state index contributed by atoms with van der Waals surface area (Å²) in [7, 11) is 0. The Morgan fingerprint density at radius 3 is 2.45 bits per heavy atom. The number of rotatable bonds is 1. The predicted octanol–water partition coefficient (Wildman–Crippen LogP) is 0.686. The molecule has 1 atom stereocenters. The number of ketones is 2. The second-order valence-electron chi connectivity index (χ2n) is 2.88. The van der Waals surface area contributed by atoms with E-state index in [1.807, 2.05) is 0 Å². The monoisotopic (exact) mass is 164 g/mol. The molecule has 1 aliphatic rings. The molecule has 0 amide bonds. The third-order valence-electron chi connectivity index (χ3n) is 2.05. The molecule has 0 aliphatic heterocycles. The standard InChI is InChI=1S/C8H12O2.Na.H/c1-6(9)7-4-2-3-5-8(7)10;;/h7H,2-5H2,1H3;;. The number of hydrogen-bond donors (Lipinski definition) is 0. The number of carbonyl (C=O) groups is 2. The van der Waals surface area contributed by atoms with Gasteiger partial charge in [0, 0.05) is 6.42 Å². The third-order valence-corrected chi connectivity index (χ3v) is 2.05. The van der Waals surface area contributed by atoms with Crippen LogP contribution >= 0.6 is 0 Å². The first-order chi connectivity index (χ1) is 4.72. The Bertz CT molecular complexity index is 165. The van der Waals surface area contributed by atoms with Gasteiger partial charge < -0.3 is 0 Å². The van der Waals surface area contributed by atoms with Crippen LogP contribution in [0.1, 0.15) is 32.6 Å². The normalized spacial score (nSPS) is 24.1. The SMILES string of the molecule is CC(=O)C1CCCCC1=O.[NaH]. The first-order valence-corrected chi connectivity index (χ1v) is 3.75. The van der Waals surface area contributed by atoms with E-state index < -0.39 is 0 Å². The molecule has 0 aromatic rings. The van der Waals surface area contributed by atoms with Crippen molar-refractivity contribution >= 4 is 41.1 Å². The Morgan fingerprint density at radius 2 is 2.09 bits per heavy atom. The maximum absolute atomic E-state index is 11.0. The van der Waals surface area contributed by atoms with Crippen LogP contribution in [0.5, 0.6) is 0 Å². The fourth-order valence-electron chi connectivity index (χ4n) is 1.41. The van der Waals surface area contributed by atoms with E-state index in [0.717, 1.165) is 19.3 Å². The molecule has 0 saturated heterocycles. The van der Waals surface area contributed by atoms with E-state index in [1.54, 1.807) is 0 Å². The van der Waals surface area contributed by atoms with E-state index in [-0.39, 0.29) is 47.0 Å². The summed E-state index contributed by atoms with van der Waals surface area (Å²) < 4.78 is 0. The molecule has 1 fully saturated rings. The number of Topliss-reactive ketones (excluding diaryl/α,β-unsaturated/α-hetero) is 2. The molecule has 0 spiro atoms. The van der Waals surface area contributed by atoms with Gasteiger partial charge in [-0.25, -0.2) is 0 Å². The van der Waals surface area contributed by atoms with Crippen LogP contribution in [0.3, 0.4) is 0 Å². The summed E-state index contributed by atoms with van der Waals surface area (Å²) in [5.41, 5.74) is 0. The van der Waals surface area contributed by atoms with E-state index in [4.69, 9.17) is 0 Å². The molecule has 0 aromatic heterocycles. The topological polar surface area (TPSA) is 34.1 Å². The molecule has 0 bridgehead atoms. The Morgan fingerprint density at radius 1 is 1.45 bits per heavy atom. The van der Waals surface area contributed by atoms with Crippen molar-refractivity contribution in [1.82, 2.24) is 0 Å². The zero-order valence-corrected chi connectivity index (χ0v) is 6.22. The van der Waals surface area contributed by atoms with Gasteiger partial charge in [-0.1, -0.05) is 6.42 Å². The molecular weight excluding hydrogens is 151 g/mol. The van der Waals surface area contributed by atoms with E-state index >= 15 is 0 Å². The second kappa shape index (κ2) is 5.07. The Hall–Kier alpha value is 0.340. The van der Waals surface area contributed by atoms with Crippen LogP contribution in [0.2, 0.25) is 0 Å². The van der Waals surface area contributed by atoms with Gasteiger partial charge in [0.25, 0.3) is 0 Å². The summed E-state index contributed by atoms with van der Waals surface area (Å²) in [6.45, 7) is 1.51. The minimum absolute atomic E-state index is 0. The average Bonchev–Trinajstić information content (AvgIpc) is 1.88. The molecular formula is C8H13NaO2. The number of hydrogen-bond acceptors (Lipinski definition) is 2. The van der Waals surface area contributed by atoms with E-state index in [9.17, 15) is 9.59 Å². The van der Waals surface area contributed by atoms with Crippen LogP contribution in [0, 0.1) is 5.92 Å². The summed E-state index contributed by atoms with van der Waals surface area (Å²) in [6.07, 6.45) is 3.41. The van der Waals surface area contributed by atoms with Crippen LogP contribution in [-0.4, -0.2) is 41.1 Å². The van der Waals surface area contributed by atoms with Gasteiger partial charge in [-0.2, -0.15) is 0 Å². The molecule has 1 unspecified atom stereocenters. The van der Waals surface area contributed by atoms with E-state index in [1.165, 1.54) is 6.92 Å². The predicted molar refractivity (Wildman–Crippen MR) is 44.8 cm³/mol. The van der Waals surface area contributed by atoms with Gasteiger partial charge in [0.2, 0.25) is 0 Å². The Balaban J connectivity index is 0.000001000. The van der Waals surface area contributed by atoms with Crippen molar-refractivity contribution in [2.45, 2.75) is 32.6 Å². The first kappa shape index (κ1) is 11.3. The molecule has 0 N–H and O–H groups in total. The molecule has 0 heterocycles. The van der Waals surface area contributed by atoms with E-state index in [2.05, 4.69) is 0 Å². The van der Waals surface area contributed by atoms with Gasteiger partial charge in [-0.05, 0) is 19.8 Å². The quantitative estimate of drug-likeness (QED) is 0.422. The minimum atomic E-state index is -0.256. The first-order valence-electron chi connectivity index (χ1n) is 3.75. The summed E-state index contributed by atoms with van der Waals surface area (Å²) in [4.78, 5) is 21.8. The molecule has 58 valence electrons. The third kappa shape index (κ3) is 3.06. The molecule has 1 aliphatic carbocycles. The van der Waals surface area contributed by atoms with Crippen molar-refractivity contribution in [1.29, 1.82) is 0 Å². The van der Waals surface area contributed by atoms with Gasteiger partial charge in [0.1, 0.15) is 11.6 Å². The van der Waals surface area contributed by atoms with Crippen molar-refractivity contribution in [3.63, 3.8) is 0 Å². The molecule has 1 rings (SSSR count). The molecule has 3 heteroatoms. The Kier molecular flexibility index (Phi) is 5.23. The summed E-state index contributed by atoms with van der Waals surface area (Å²) in [6, 6.07) is 0. The Labute approximate surface area is 89.0 Å². The summed E-state index contributed by atoms with van der Waals surface area (Å²) in [5, 5.41) is 0. The van der Waals surface area contributed by atoms with Crippen molar-refractivity contribution < 1.29 is 9.59 Å². The van der Waals surface area contributed by atoms with Gasteiger partial charge in [-0.3, -0.25) is 9.59 Å². The summed E-state index contributed by atoms with van der Waals surface area (Å²) >= 11 is 0. The van der Waals surface area contributed by atoms with Crippen LogP contribution in [0.15, 0.2) is 0 Å². The van der Waals surface area contributed by atoms with Crippen molar-refractivity contribution in [3.05, 3.63) is 0 Å². The molecule has 1 saturated carbocycles. The van der Waals surface area contributed by atoms with Crippen LogP contribution in [-0.2, 0) is 9.59 Å². The van der Waals surface area contributed by atoms with Crippen LogP contribution < -0.4 is 0 Å². The maximum atomic E-state index is 11.0. The second-order valence-corrected chi connectivity index (χ2v) is 2.88. The fourth-order valence-corrected chi connectivity index (χ4v) is 1.41. The molecule has 2 nitrogen and oxygen atoms in total. The molecule has 11 heavy (non-hydrogen) atoms. The average molecular weight is 164 g/mol. The van der Waals surface area contributed by atoms with Gasteiger partial charge in [0.05, 0.1) is 5.92 Å². The number of carbonyl (C=O) groups excluding carboxylic acids is 2. The van der Waals surface area contributed by atoms with E-state index in [0.29, 0.717) is 6.42 Å². The zero-order valence-electron chi connectivity index (χ0n) is 6.22. The van der Waals surface area contributed by atoms with Crippen molar-refractivity contribution in [2.75, 3.05) is 0 Å². The van der Waals surface area contributed by atoms with Crippen LogP contribution in [0.25, 0.3) is 0 Å². The zero-order chi connectivity index (χ0) is 7.56.